The second-order valence-corrected chi connectivity index (χ2v) is 2.80. The van der Waals surface area contributed by atoms with Crippen molar-refractivity contribution in [3.63, 3.8) is 0 Å². The molecule has 0 aliphatic heterocycles. The van der Waals surface area contributed by atoms with Crippen LogP contribution < -0.4 is 0 Å². The highest BCUT2D eigenvalue weighted by molar-refractivity contribution is 6.67. The average Bonchev–Trinajstić information content (AvgIpc) is 2.27. The summed E-state index contributed by atoms with van der Waals surface area (Å²) >= 11 is 0. The summed E-state index contributed by atoms with van der Waals surface area (Å²) in [7, 11) is 0. The summed E-state index contributed by atoms with van der Waals surface area (Å²) in [6.07, 6.45) is 0.0669. The molecular weight excluding hydrogens is 180 g/mol. The van der Waals surface area contributed by atoms with Crippen LogP contribution in [-0.4, -0.2) is 17.3 Å². The van der Waals surface area contributed by atoms with E-state index in [1.807, 2.05) is 0 Å². The van der Waals surface area contributed by atoms with E-state index < -0.39 is 17.3 Å². The van der Waals surface area contributed by atoms with E-state index in [2.05, 4.69) is 0 Å². The van der Waals surface area contributed by atoms with Gasteiger partial charge in [-0.2, -0.15) is 0 Å². The van der Waals surface area contributed by atoms with E-state index in [0.717, 1.165) is 0 Å². The molecule has 1 rings (SSSR count). The SMILES string of the molecule is CCC(=O)C(=O)C(=O)c1ccccc1. The summed E-state index contributed by atoms with van der Waals surface area (Å²) < 4.78 is 0. The molecule has 0 saturated carbocycles. The van der Waals surface area contributed by atoms with Crippen LogP contribution in [0.2, 0.25) is 0 Å². The number of hydrogen-bond acceptors (Lipinski definition) is 3. The topological polar surface area (TPSA) is 51.2 Å². The molecule has 0 N–H and O–H groups in total. The van der Waals surface area contributed by atoms with Crippen molar-refractivity contribution in [3.05, 3.63) is 35.9 Å². The Morgan fingerprint density at radius 2 is 1.64 bits per heavy atom. The molecule has 72 valence electrons. The van der Waals surface area contributed by atoms with Crippen molar-refractivity contribution in [2.75, 3.05) is 0 Å². The van der Waals surface area contributed by atoms with Crippen LogP contribution in [0.15, 0.2) is 30.3 Å². The molecule has 0 spiro atoms. The van der Waals surface area contributed by atoms with Crippen molar-refractivity contribution < 1.29 is 14.4 Å². The van der Waals surface area contributed by atoms with E-state index >= 15 is 0 Å². The predicted molar refractivity (Wildman–Crippen MR) is 51.1 cm³/mol. The maximum Gasteiger partial charge on any atom is 0.268 e. The molecule has 0 heterocycles. The Hall–Kier alpha value is -1.77. The Morgan fingerprint density at radius 1 is 1.07 bits per heavy atom. The van der Waals surface area contributed by atoms with Crippen molar-refractivity contribution in [1.29, 1.82) is 0 Å². The maximum atomic E-state index is 11.4. The molecule has 1 aromatic rings. The number of carbonyl (C=O) groups is 3. The summed E-state index contributed by atoms with van der Waals surface area (Å²) in [5.41, 5.74) is 0.263. The Labute approximate surface area is 81.7 Å². The van der Waals surface area contributed by atoms with Gasteiger partial charge >= 0.3 is 0 Å². The summed E-state index contributed by atoms with van der Waals surface area (Å²) in [6, 6.07) is 8.07. The first-order chi connectivity index (χ1) is 6.66. The largest absolute Gasteiger partial charge is 0.290 e. The standard InChI is InChI=1S/C11H10O3/c1-2-9(12)11(14)10(13)8-6-4-3-5-7-8/h3-7H,2H2,1H3. The fourth-order valence-electron chi connectivity index (χ4n) is 1.01. The van der Waals surface area contributed by atoms with Gasteiger partial charge in [-0.25, -0.2) is 0 Å². The highest BCUT2D eigenvalue weighted by Gasteiger charge is 2.21. The Bertz CT molecular complexity index is 365. The zero-order chi connectivity index (χ0) is 10.6. The number of rotatable bonds is 4. The number of carbonyl (C=O) groups excluding carboxylic acids is 3. The van der Waals surface area contributed by atoms with E-state index in [0.29, 0.717) is 0 Å². The van der Waals surface area contributed by atoms with Gasteiger partial charge in [0.15, 0.2) is 0 Å². The summed E-state index contributed by atoms with van der Waals surface area (Å²) in [6.45, 7) is 1.55. The Morgan fingerprint density at radius 3 is 2.14 bits per heavy atom. The lowest BCUT2D eigenvalue weighted by atomic mass is 10.0. The van der Waals surface area contributed by atoms with E-state index in [1.165, 1.54) is 12.1 Å². The minimum atomic E-state index is -0.932. The van der Waals surface area contributed by atoms with Gasteiger partial charge in [0, 0.05) is 12.0 Å². The minimum absolute atomic E-state index is 0.0669. The molecule has 0 amide bonds. The van der Waals surface area contributed by atoms with E-state index in [-0.39, 0.29) is 12.0 Å². The van der Waals surface area contributed by atoms with Gasteiger partial charge in [0.2, 0.25) is 11.6 Å². The third-order valence-corrected chi connectivity index (χ3v) is 1.82. The summed E-state index contributed by atoms with van der Waals surface area (Å²) in [5, 5.41) is 0. The van der Waals surface area contributed by atoms with Crippen LogP contribution >= 0.6 is 0 Å². The first-order valence-electron chi connectivity index (χ1n) is 4.33. The molecule has 0 radical (unpaired) electrons. The normalized spacial score (nSPS) is 9.50. The molecule has 0 bridgehead atoms. The van der Waals surface area contributed by atoms with Crippen LogP contribution in [0.3, 0.4) is 0 Å². The first kappa shape index (κ1) is 10.3. The molecule has 0 aliphatic rings. The van der Waals surface area contributed by atoms with Crippen molar-refractivity contribution in [1.82, 2.24) is 0 Å². The van der Waals surface area contributed by atoms with E-state index in [9.17, 15) is 14.4 Å². The first-order valence-corrected chi connectivity index (χ1v) is 4.33. The van der Waals surface area contributed by atoms with Crippen molar-refractivity contribution >= 4 is 17.3 Å². The summed E-state index contributed by atoms with van der Waals surface area (Å²) in [4.78, 5) is 33.5. The van der Waals surface area contributed by atoms with Gasteiger partial charge < -0.3 is 0 Å². The zero-order valence-electron chi connectivity index (χ0n) is 7.82. The zero-order valence-corrected chi connectivity index (χ0v) is 7.82. The van der Waals surface area contributed by atoms with Crippen LogP contribution in [0.5, 0.6) is 0 Å². The predicted octanol–water partition coefficient (Wildman–Crippen LogP) is 1.42. The Balaban J connectivity index is 2.87. The van der Waals surface area contributed by atoms with Crippen LogP contribution in [0, 0.1) is 0 Å². The molecule has 3 nitrogen and oxygen atoms in total. The summed E-state index contributed by atoms with van der Waals surface area (Å²) in [5.74, 6) is -2.30. The van der Waals surface area contributed by atoms with E-state index in [1.54, 1.807) is 25.1 Å². The number of hydrogen-bond donors (Lipinski definition) is 0. The molecule has 0 unspecified atom stereocenters. The molecule has 0 fully saturated rings. The maximum absolute atomic E-state index is 11.4. The number of benzene rings is 1. The molecule has 14 heavy (non-hydrogen) atoms. The molecular formula is C11H10O3. The van der Waals surface area contributed by atoms with Crippen LogP contribution in [0.4, 0.5) is 0 Å². The molecule has 0 atom stereocenters. The van der Waals surface area contributed by atoms with Gasteiger partial charge in [0.05, 0.1) is 0 Å². The number of Topliss-reactive ketones (excluding diaryl/α,β-unsaturated/α-hetero) is 3. The second kappa shape index (κ2) is 4.46. The van der Waals surface area contributed by atoms with Crippen molar-refractivity contribution in [3.8, 4) is 0 Å². The van der Waals surface area contributed by atoms with Gasteiger partial charge in [-0.05, 0) is 0 Å². The van der Waals surface area contributed by atoms with Gasteiger partial charge in [0.25, 0.3) is 5.78 Å². The molecule has 3 heteroatoms. The highest BCUT2D eigenvalue weighted by Crippen LogP contribution is 2.01. The molecule has 0 aliphatic carbocycles. The fourth-order valence-corrected chi connectivity index (χ4v) is 1.01. The van der Waals surface area contributed by atoms with Gasteiger partial charge in [-0.15, -0.1) is 0 Å². The fraction of sp³-hybridized carbons (Fsp3) is 0.182. The number of ketones is 3. The van der Waals surface area contributed by atoms with Gasteiger partial charge in [-0.1, -0.05) is 37.3 Å². The quantitative estimate of drug-likeness (QED) is 0.410. The monoisotopic (exact) mass is 190 g/mol. The van der Waals surface area contributed by atoms with Gasteiger partial charge in [-0.3, -0.25) is 14.4 Å². The smallest absolute Gasteiger partial charge is 0.268 e. The van der Waals surface area contributed by atoms with Crippen LogP contribution in [0.1, 0.15) is 23.7 Å². The third kappa shape index (κ3) is 2.13. The van der Waals surface area contributed by atoms with E-state index in [4.69, 9.17) is 0 Å². The Kier molecular flexibility index (Phi) is 3.29. The second-order valence-electron chi connectivity index (χ2n) is 2.80. The lowest BCUT2D eigenvalue weighted by molar-refractivity contribution is -0.133. The van der Waals surface area contributed by atoms with Crippen molar-refractivity contribution in [2.24, 2.45) is 0 Å². The third-order valence-electron chi connectivity index (χ3n) is 1.82. The molecule has 0 aromatic heterocycles. The lowest BCUT2D eigenvalue weighted by Gasteiger charge is -1.96. The lowest BCUT2D eigenvalue weighted by Crippen LogP contribution is -2.23. The molecule has 1 aromatic carbocycles. The van der Waals surface area contributed by atoms with Gasteiger partial charge in [0.1, 0.15) is 0 Å². The van der Waals surface area contributed by atoms with Crippen LogP contribution in [0.25, 0.3) is 0 Å². The average molecular weight is 190 g/mol. The highest BCUT2D eigenvalue weighted by atomic mass is 16.2. The molecule has 0 saturated heterocycles. The minimum Gasteiger partial charge on any atom is -0.290 e. The van der Waals surface area contributed by atoms with Crippen LogP contribution in [-0.2, 0) is 9.59 Å². The van der Waals surface area contributed by atoms with Crippen molar-refractivity contribution in [2.45, 2.75) is 13.3 Å².